The number of aromatic nitrogens is 5. The fourth-order valence-electron chi connectivity index (χ4n) is 3.86. The smallest absolute Gasteiger partial charge is 0.278 e. The maximum atomic E-state index is 13.0. The zero-order chi connectivity index (χ0) is 24.2. The number of hydrogen-bond donors (Lipinski definition) is 3. The molecule has 0 atom stereocenters. The molecule has 0 aliphatic carbocycles. The molecule has 11 nitrogen and oxygen atoms in total. The van der Waals surface area contributed by atoms with E-state index < -0.39 is 17.4 Å². The van der Waals surface area contributed by atoms with Crippen LogP contribution in [0.4, 0.5) is 11.6 Å². The van der Waals surface area contributed by atoms with Gasteiger partial charge >= 0.3 is 0 Å². The molecule has 11 heteroatoms. The summed E-state index contributed by atoms with van der Waals surface area (Å²) >= 11 is 0. The van der Waals surface area contributed by atoms with E-state index in [0.717, 1.165) is 0 Å². The molecule has 172 valence electrons. The molecule has 0 saturated heterocycles. The number of nitrogens with one attached hydrogen (secondary N) is 2. The summed E-state index contributed by atoms with van der Waals surface area (Å²) in [6.45, 7) is 5.46. The summed E-state index contributed by atoms with van der Waals surface area (Å²) < 4.78 is 3.08. The third-order valence-electron chi connectivity index (χ3n) is 5.55. The monoisotopic (exact) mass is 459 g/mol. The van der Waals surface area contributed by atoms with E-state index in [-0.39, 0.29) is 17.1 Å². The summed E-state index contributed by atoms with van der Waals surface area (Å²) in [6.07, 6.45) is 1.43. The van der Waals surface area contributed by atoms with Crippen molar-refractivity contribution < 1.29 is 14.7 Å². The van der Waals surface area contributed by atoms with Gasteiger partial charge in [-0.15, -0.1) is 0 Å². The molecular formula is C23H21N7O4. The van der Waals surface area contributed by atoms with Crippen LogP contribution in [0.5, 0.6) is 0 Å². The Morgan fingerprint density at radius 3 is 2.56 bits per heavy atom. The summed E-state index contributed by atoms with van der Waals surface area (Å²) in [7, 11) is 0. The molecule has 5 rings (SSSR count). The average molecular weight is 459 g/mol. The first-order chi connectivity index (χ1) is 16.2. The van der Waals surface area contributed by atoms with Crippen LogP contribution in [-0.4, -0.2) is 41.2 Å². The van der Waals surface area contributed by atoms with Crippen molar-refractivity contribution in [2.24, 2.45) is 0 Å². The summed E-state index contributed by atoms with van der Waals surface area (Å²) in [5.74, 6) is -0.287. The van der Waals surface area contributed by atoms with Crippen LogP contribution in [0.3, 0.4) is 0 Å². The third-order valence-corrected chi connectivity index (χ3v) is 5.55. The van der Waals surface area contributed by atoms with E-state index in [2.05, 4.69) is 25.6 Å². The molecule has 4 heterocycles. The van der Waals surface area contributed by atoms with Crippen molar-refractivity contribution in [2.45, 2.75) is 32.9 Å². The predicted molar refractivity (Wildman–Crippen MR) is 123 cm³/mol. The van der Waals surface area contributed by atoms with Gasteiger partial charge in [-0.25, -0.2) is 19.3 Å². The number of benzene rings is 1. The number of rotatable bonds is 5. The van der Waals surface area contributed by atoms with Crippen LogP contribution in [0.25, 0.3) is 16.9 Å². The maximum absolute atomic E-state index is 13.0. The van der Waals surface area contributed by atoms with Crippen LogP contribution in [0, 0.1) is 0 Å². The summed E-state index contributed by atoms with van der Waals surface area (Å²) in [5, 5.41) is 16.0. The second kappa shape index (κ2) is 7.59. The first-order valence-corrected chi connectivity index (χ1v) is 10.6. The number of amides is 2. The minimum Gasteiger partial charge on any atom is -0.384 e. The topological polar surface area (TPSA) is 144 Å². The van der Waals surface area contributed by atoms with E-state index in [4.69, 9.17) is 0 Å². The number of imide groups is 1. The Morgan fingerprint density at radius 2 is 1.82 bits per heavy atom. The lowest BCUT2D eigenvalue weighted by atomic mass is 10.1. The number of fused-ring (bicyclic) bond motifs is 2. The number of carbonyl (C=O) groups excluding carboxylic acids is 2. The van der Waals surface area contributed by atoms with Crippen molar-refractivity contribution in [1.29, 1.82) is 0 Å². The van der Waals surface area contributed by atoms with E-state index in [1.807, 2.05) is 6.92 Å². The Hall–Kier alpha value is -4.38. The van der Waals surface area contributed by atoms with Crippen LogP contribution >= 0.6 is 0 Å². The number of nitrogens with zero attached hydrogens (tertiary/aromatic N) is 5. The normalized spacial score (nSPS) is 13.3. The average Bonchev–Trinajstić information content (AvgIpc) is 3.25. The van der Waals surface area contributed by atoms with Crippen molar-refractivity contribution in [3.63, 3.8) is 0 Å². The Balaban J connectivity index is 1.62. The van der Waals surface area contributed by atoms with Crippen LogP contribution < -0.4 is 16.2 Å². The summed E-state index contributed by atoms with van der Waals surface area (Å²) in [5.41, 5.74) is 0.413. The van der Waals surface area contributed by atoms with Gasteiger partial charge in [0.2, 0.25) is 5.95 Å². The zero-order valence-electron chi connectivity index (χ0n) is 18.7. The van der Waals surface area contributed by atoms with Gasteiger partial charge in [0.05, 0.1) is 16.8 Å². The van der Waals surface area contributed by atoms with Crippen LogP contribution in [-0.2, 0) is 12.1 Å². The quantitative estimate of drug-likeness (QED) is 0.384. The second-order valence-corrected chi connectivity index (χ2v) is 8.37. The van der Waals surface area contributed by atoms with Gasteiger partial charge in [-0.05, 0) is 51.1 Å². The van der Waals surface area contributed by atoms with Gasteiger partial charge in [0.25, 0.3) is 17.4 Å². The summed E-state index contributed by atoms with van der Waals surface area (Å²) in [6, 6.07) is 9.92. The van der Waals surface area contributed by atoms with Crippen molar-refractivity contribution in [3.8, 4) is 5.82 Å². The lowest BCUT2D eigenvalue weighted by Crippen LogP contribution is -2.23. The molecule has 1 aromatic carbocycles. The minimum atomic E-state index is -1.17. The van der Waals surface area contributed by atoms with Crippen molar-refractivity contribution in [2.75, 3.05) is 5.32 Å². The SMILES string of the molecule is CCn1c(=O)c2cnc(Nc3ccc4c(c3)C(=O)NC4=O)nc2n1-c1cccc(C(C)(C)O)n1. The van der Waals surface area contributed by atoms with Gasteiger partial charge in [0.15, 0.2) is 11.5 Å². The van der Waals surface area contributed by atoms with Crippen LogP contribution in [0.15, 0.2) is 47.4 Å². The molecule has 34 heavy (non-hydrogen) atoms. The Bertz CT molecular complexity index is 1550. The first-order valence-electron chi connectivity index (χ1n) is 10.6. The van der Waals surface area contributed by atoms with Crippen LogP contribution in [0.1, 0.15) is 47.2 Å². The molecule has 3 N–H and O–H groups in total. The zero-order valence-corrected chi connectivity index (χ0v) is 18.7. The first kappa shape index (κ1) is 21.5. The highest BCUT2D eigenvalue weighted by atomic mass is 16.3. The number of carbonyl (C=O) groups is 2. The lowest BCUT2D eigenvalue weighted by molar-refractivity contribution is 0.0737. The molecule has 0 spiro atoms. The molecule has 4 aromatic rings. The van der Waals surface area contributed by atoms with Crippen LogP contribution in [0.2, 0.25) is 0 Å². The Kier molecular flexibility index (Phi) is 4.79. The van der Waals surface area contributed by atoms with E-state index in [1.54, 1.807) is 54.9 Å². The second-order valence-electron chi connectivity index (χ2n) is 8.37. The van der Waals surface area contributed by atoms with Gasteiger partial charge in [-0.1, -0.05) is 6.07 Å². The number of pyridine rings is 1. The summed E-state index contributed by atoms with van der Waals surface area (Å²) in [4.78, 5) is 50.1. The Labute approximate surface area is 193 Å². The van der Waals surface area contributed by atoms with Gasteiger partial charge in [-0.2, -0.15) is 4.98 Å². The van der Waals surface area contributed by atoms with Gasteiger partial charge in [0, 0.05) is 18.4 Å². The lowest BCUT2D eigenvalue weighted by Gasteiger charge is -2.18. The molecular weight excluding hydrogens is 438 g/mol. The van der Waals surface area contributed by atoms with E-state index in [1.165, 1.54) is 10.9 Å². The standard InChI is InChI=1S/C23H21N7O4/c1-4-29-21(33)15-11-24-22(25-12-8-9-13-14(10-12)20(32)28-19(13)31)27-18(15)30(29)17-7-5-6-16(26-17)23(2,3)34/h5-11,34H,4H2,1-3H3,(H,24,25,27)(H,28,31,32). The molecule has 0 saturated carbocycles. The number of aliphatic hydroxyl groups is 1. The van der Waals surface area contributed by atoms with Crippen molar-refractivity contribution >= 4 is 34.5 Å². The number of anilines is 2. The largest absolute Gasteiger partial charge is 0.384 e. The number of hydrogen-bond acceptors (Lipinski definition) is 8. The van der Waals surface area contributed by atoms with Gasteiger partial charge in [0.1, 0.15) is 11.0 Å². The van der Waals surface area contributed by atoms with Crippen molar-refractivity contribution in [1.82, 2.24) is 29.6 Å². The molecule has 1 aliphatic rings. The molecule has 0 unspecified atom stereocenters. The highest BCUT2D eigenvalue weighted by Gasteiger charge is 2.27. The van der Waals surface area contributed by atoms with E-state index >= 15 is 0 Å². The Morgan fingerprint density at radius 1 is 1.06 bits per heavy atom. The molecule has 2 amide bonds. The fourth-order valence-corrected chi connectivity index (χ4v) is 3.86. The van der Waals surface area contributed by atoms with Crippen molar-refractivity contribution in [3.05, 3.63) is 69.8 Å². The van der Waals surface area contributed by atoms with E-state index in [9.17, 15) is 19.5 Å². The molecule has 0 bridgehead atoms. The molecule has 0 radical (unpaired) electrons. The molecule has 1 aliphatic heterocycles. The molecule has 3 aromatic heterocycles. The fraction of sp³-hybridized carbons (Fsp3) is 0.217. The van der Waals surface area contributed by atoms with Gasteiger partial charge < -0.3 is 10.4 Å². The molecule has 0 fully saturated rings. The van der Waals surface area contributed by atoms with Gasteiger partial charge in [-0.3, -0.25) is 19.7 Å². The van der Waals surface area contributed by atoms with E-state index in [0.29, 0.717) is 40.3 Å². The minimum absolute atomic E-state index is 0.192. The highest BCUT2D eigenvalue weighted by Crippen LogP contribution is 2.24. The third kappa shape index (κ3) is 3.42. The maximum Gasteiger partial charge on any atom is 0.278 e. The predicted octanol–water partition coefficient (Wildman–Crippen LogP) is 1.85. The highest BCUT2D eigenvalue weighted by molar-refractivity contribution is 6.21.